The molecule has 2 nitrogen and oxygen atoms in total. The van der Waals surface area contributed by atoms with Crippen LogP contribution in [0.2, 0.25) is 0 Å². The fourth-order valence-electron chi connectivity index (χ4n) is 7.85. The molecule has 4 rings (SSSR count). The summed E-state index contributed by atoms with van der Waals surface area (Å²) in [5.41, 5.74) is -0.138. The summed E-state index contributed by atoms with van der Waals surface area (Å²) in [5, 5.41) is 10.5. The zero-order valence-electron chi connectivity index (χ0n) is 16.3. The number of rotatable bonds is 3. The SMILES string of the molecule is CSCC(=O)[C@H]1CC[C@H]2[C@@H]3CC[C@H]4C[C@@](C)(O)CC[C@@H]4[C@H]3CC[C@]12C. The Morgan fingerprint density at radius 1 is 1.00 bits per heavy atom. The molecule has 1 N–H and O–H groups in total. The number of fused-ring (bicyclic) bond motifs is 5. The van der Waals surface area contributed by atoms with E-state index in [1.807, 2.05) is 6.92 Å². The van der Waals surface area contributed by atoms with Crippen molar-refractivity contribution in [3.8, 4) is 0 Å². The molecular formula is C22H36O2S. The molecule has 0 radical (unpaired) electrons. The second-order valence-corrected chi connectivity index (χ2v) is 11.1. The van der Waals surface area contributed by atoms with Gasteiger partial charge in [-0.15, -0.1) is 0 Å². The lowest BCUT2D eigenvalue weighted by molar-refractivity contribution is -0.129. The average Bonchev–Trinajstić information content (AvgIpc) is 2.91. The first kappa shape index (κ1) is 18.3. The van der Waals surface area contributed by atoms with Crippen molar-refractivity contribution in [2.75, 3.05) is 12.0 Å². The Kier molecular flexibility index (Phi) is 4.81. The number of hydrogen-bond acceptors (Lipinski definition) is 3. The molecule has 0 bridgehead atoms. The van der Waals surface area contributed by atoms with E-state index in [4.69, 9.17) is 0 Å². The van der Waals surface area contributed by atoms with Crippen molar-refractivity contribution in [2.45, 2.75) is 77.2 Å². The summed E-state index contributed by atoms with van der Waals surface area (Å²) in [6.07, 6.45) is 13.0. The predicted molar refractivity (Wildman–Crippen MR) is 105 cm³/mol. The van der Waals surface area contributed by atoms with E-state index < -0.39 is 5.60 Å². The fraction of sp³-hybridized carbons (Fsp3) is 0.955. The van der Waals surface area contributed by atoms with Crippen molar-refractivity contribution in [3.05, 3.63) is 0 Å². The minimum Gasteiger partial charge on any atom is -0.390 e. The van der Waals surface area contributed by atoms with Crippen LogP contribution in [-0.4, -0.2) is 28.5 Å². The Balaban J connectivity index is 1.52. The summed E-state index contributed by atoms with van der Waals surface area (Å²) >= 11 is 1.70. The van der Waals surface area contributed by atoms with E-state index in [1.54, 1.807) is 11.8 Å². The van der Waals surface area contributed by atoms with Gasteiger partial charge in [0.05, 0.1) is 11.4 Å². The third kappa shape index (κ3) is 3.02. The largest absolute Gasteiger partial charge is 0.390 e. The van der Waals surface area contributed by atoms with Gasteiger partial charge in [0.15, 0.2) is 0 Å². The highest BCUT2D eigenvalue weighted by Crippen LogP contribution is 2.64. The topological polar surface area (TPSA) is 37.3 Å². The van der Waals surface area contributed by atoms with E-state index in [9.17, 15) is 9.90 Å². The van der Waals surface area contributed by atoms with Gasteiger partial charge in [0.1, 0.15) is 5.78 Å². The summed E-state index contributed by atoms with van der Waals surface area (Å²) in [4.78, 5) is 12.7. The van der Waals surface area contributed by atoms with Gasteiger partial charge in [0.2, 0.25) is 0 Å². The van der Waals surface area contributed by atoms with Crippen LogP contribution in [0.25, 0.3) is 0 Å². The predicted octanol–water partition coefficient (Wildman–Crippen LogP) is 4.94. The van der Waals surface area contributed by atoms with Gasteiger partial charge >= 0.3 is 0 Å². The van der Waals surface area contributed by atoms with Crippen LogP contribution >= 0.6 is 11.8 Å². The summed E-state index contributed by atoms with van der Waals surface area (Å²) in [7, 11) is 0. The molecule has 4 fully saturated rings. The second kappa shape index (κ2) is 6.55. The van der Waals surface area contributed by atoms with Crippen LogP contribution in [0.3, 0.4) is 0 Å². The first-order valence-corrected chi connectivity index (χ1v) is 12.0. The first-order chi connectivity index (χ1) is 11.9. The summed E-state index contributed by atoms with van der Waals surface area (Å²) in [6.45, 7) is 4.51. The number of aliphatic hydroxyl groups is 1. The molecule has 0 amide bonds. The molecule has 0 saturated heterocycles. The smallest absolute Gasteiger partial charge is 0.146 e. The molecule has 0 aromatic carbocycles. The number of carbonyl (C=O) groups excluding carboxylic acids is 1. The van der Waals surface area contributed by atoms with Crippen LogP contribution in [0.1, 0.15) is 71.6 Å². The molecule has 4 aliphatic carbocycles. The maximum Gasteiger partial charge on any atom is 0.146 e. The van der Waals surface area contributed by atoms with Gasteiger partial charge in [-0.3, -0.25) is 4.79 Å². The minimum absolute atomic E-state index is 0.279. The first-order valence-electron chi connectivity index (χ1n) is 10.6. The Hall–Kier alpha value is -0.0200. The van der Waals surface area contributed by atoms with Crippen LogP contribution in [-0.2, 0) is 4.79 Å². The van der Waals surface area contributed by atoms with E-state index in [-0.39, 0.29) is 5.41 Å². The van der Waals surface area contributed by atoms with Gasteiger partial charge < -0.3 is 5.11 Å². The Bertz CT molecular complexity index is 530. The fourth-order valence-corrected chi connectivity index (χ4v) is 8.34. The molecule has 4 aliphatic rings. The maximum absolute atomic E-state index is 12.7. The molecule has 25 heavy (non-hydrogen) atoms. The molecule has 0 heterocycles. The number of thioether (sulfide) groups is 1. The zero-order chi connectivity index (χ0) is 17.8. The van der Waals surface area contributed by atoms with Crippen LogP contribution in [0, 0.1) is 40.9 Å². The maximum atomic E-state index is 12.7. The zero-order valence-corrected chi connectivity index (χ0v) is 17.1. The van der Waals surface area contributed by atoms with Crippen LogP contribution in [0.4, 0.5) is 0 Å². The van der Waals surface area contributed by atoms with Gasteiger partial charge in [-0.2, -0.15) is 11.8 Å². The molecule has 142 valence electrons. The quantitative estimate of drug-likeness (QED) is 0.771. The van der Waals surface area contributed by atoms with Gasteiger partial charge in [-0.05, 0) is 106 Å². The Morgan fingerprint density at radius 2 is 1.76 bits per heavy atom. The van der Waals surface area contributed by atoms with Gasteiger partial charge in [-0.25, -0.2) is 0 Å². The van der Waals surface area contributed by atoms with E-state index >= 15 is 0 Å². The molecule has 4 saturated carbocycles. The van der Waals surface area contributed by atoms with Gasteiger partial charge in [0.25, 0.3) is 0 Å². The number of Topliss-reactive ketones (excluding diaryl/α,β-unsaturated/α-hetero) is 1. The summed E-state index contributed by atoms with van der Waals surface area (Å²) in [5.74, 6) is 5.69. The van der Waals surface area contributed by atoms with E-state index in [0.29, 0.717) is 17.5 Å². The highest BCUT2D eigenvalue weighted by Gasteiger charge is 2.58. The lowest BCUT2D eigenvalue weighted by Gasteiger charge is -2.56. The molecule has 0 aliphatic heterocycles. The van der Waals surface area contributed by atoms with Crippen molar-refractivity contribution in [1.29, 1.82) is 0 Å². The molecule has 0 spiro atoms. The van der Waals surface area contributed by atoms with Crippen LogP contribution in [0.15, 0.2) is 0 Å². The standard InChI is InChI=1S/C22H36O2S/c1-21(24)10-8-15-14(12-21)4-5-17-16(15)9-11-22(2)18(17)6-7-19(22)20(23)13-25-3/h14-19,24H,4-13H2,1-3H3/t14-,15-,16+,17+,18-,19+,21-,22-/m0/s1. The average molecular weight is 365 g/mol. The lowest BCUT2D eigenvalue weighted by Crippen LogP contribution is -2.51. The van der Waals surface area contributed by atoms with E-state index in [0.717, 1.165) is 48.9 Å². The van der Waals surface area contributed by atoms with Crippen molar-refractivity contribution in [3.63, 3.8) is 0 Å². The highest BCUT2D eigenvalue weighted by atomic mass is 32.2. The molecule has 0 unspecified atom stereocenters. The van der Waals surface area contributed by atoms with Crippen molar-refractivity contribution in [1.82, 2.24) is 0 Å². The lowest BCUT2D eigenvalue weighted by atomic mass is 9.49. The van der Waals surface area contributed by atoms with Gasteiger partial charge in [0, 0.05) is 5.92 Å². The molecule has 0 aromatic heterocycles. The molecule has 0 aromatic rings. The van der Waals surface area contributed by atoms with Crippen molar-refractivity contribution in [2.24, 2.45) is 40.9 Å². The molecule has 8 atom stereocenters. The third-order valence-corrected chi connectivity index (χ3v) is 9.49. The van der Waals surface area contributed by atoms with E-state index in [1.165, 1.54) is 38.5 Å². The van der Waals surface area contributed by atoms with Crippen LogP contribution < -0.4 is 0 Å². The summed E-state index contributed by atoms with van der Waals surface area (Å²) in [6, 6.07) is 0. The highest BCUT2D eigenvalue weighted by molar-refractivity contribution is 7.99. The van der Waals surface area contributed by atoms with Crippen molar-refractivity contribution < 1.29 is 9.90 Å². The number of hydrogen-bond donors (Lipinski definition) is 1. The van der Waals surface area contributed by atoms with Crippen molar-refractivity contribution >= 4 is 17.5 Å². The Morgan fingerprint density at radius 3 is 2.52 bits per heavy atom. The van der Waals surface area contributed by atoms with Gasteiger partial charge in [-0.1, -0.05) is 6.92 Å². The Labute approximate surface area is 157 Å². The summed E-state index contributed by atoms with van der Waals surface area (Å²) < 4.78 is 0. The van der Waals surface area contributed by atoms with E-state index in [2.05, 4.69) is 13.2 Å². The minimum atomic E-state index is -0.417. The monoisotopic (exact) mass is 364 g/mol. The number of ketones is 1. The number of carbonyl (C=O) groups is 1. The normalized spacial score (nSPS) is 52.2. The van der Waals surface area contributed by atoms with Crippen LogP contribution in [0.5, 0.6) is 0 Å². The third-order valence-electron chi connectivity index (χ3n) is 8.91. The second-order valence-electron chi connectivity index (χ2n) is 10.2. The molecule has 3 heteroatoms. The molecular weight excluding hydrogens is 328 g/mol.